The normalized spacial score (nSPS) is 10.9. The Labute approximate surface area is 89.1 Å². The van der Waals surface area contributed by atoms with Crippen molar-refractivity contribution < 1.29 is 4.74 Å². The van der Waals surface area contributed by atoms with Gasteiger partial charge in [-0.05, 0) is 13.8 Å². The van der Waals surface area contributed by atoms with Crippen molar-refractivity contribution in [3.05, 3.63) is 5.82 Å². The molecular weight excluding hydrogens is 198 g/mol. The van der Waals surface area contributed by atoms with E-state index in [0.717, 1.165) is 17.4 Å². The van der Waals surface area contributed by atoms with Crippen LogP contribution in [0, 0.1) is 0 Å². The molecule has 14 heavy (non-hydrogen) atoms. The zero-order valence-electron chi connectivity index (χ0n) is 9.15. The molecule has 0 saturated carbocycles. The third-order valence-electron chi connectivity index (χ3n) is 2.06. The van der Waals surface area contributed by atoms with Gasteiger partial charge in [0.2, 0.25) is 5.13 Å². The van der Waals surface area contributed by atoms with Crippen LogP contribution in [0.1, 0.15) is 19.7 Å². The molecule has 0 aromatic carbocycles. The lowest BCUT2D eigenvalue weighted by Gasteiger charge is -2.19. The van der Waals surface area contributed by atoms with Gasteiger partial charge in [0.1, 0.15) is 5.82 Å². The fourth-order valence-electron chi connectivity index (χ4n) is 0.904. The first-order valence-electron chi connectivity index (χ1n) is 4.69. The molecule has 1 aromatic rings. The molecule has 0 aliphatic carbocycles. The molecule has 1 heterocycles. The molecule has 0 saturated heterocycles. The SMILES string of the molecule is COCCc1nsc(N(C)C(C)C)n1. The Balaban J connectivity index is 2.58. The van der Waals surface area contributed by atoms with Gasteiger partial charge in [0.05, 0.1) is 6.61 Å². The van der Waals surface area contributed by atoms with E-state index in [2.05, 4.69) is 28.1 Å². The van der Waals surface area contributed by atoms with E-state index in [1.807, 2.05) is 7.05 Å². The highest BCUT2D eigenvalue weighted by Gasteiger charge is 2.10. The summed E-state index contributed by atoms with van der Waals surface area (Å²) in [5.41, 5.74) is 0. The van der Waals surface area contributed by atoms with Crippen molar-refractivity contribution in [1.29, 1.82) is 0 Å². The molecule has 80 valence electrons. The minimum Gasteiger partial charge on any atom is -0.384 e. The first-order chi connectivity index (χ1) is 6.65. The zero-order chi connectivity index (χ0) is 10.6. The van der Waals surface area contributed by atoms with Crippen molar-refractivity contribution in [2.45, 2.75) is 26.3 Å². The molecule has 5 heteroatoms. The molecular formula is C9H17N3OS. The first kappa shape index (κ1) is 11.4. The Hall–Kier alpha value is -0.680. The van der Waals surface area contributed by atoms with Crippen molar-refractivity contribution in [3.8, 4) is 0 Å². The molecule has 1 rings (SSSR count). The number of aromatic nitrogens is 2. The van der Waals surface area contributed by atoms with Gasteiger partial charge in [-0.1, -0.05) is 0 Å². The summed E-state index contributed by atoms with van der Waals surface area (Å²) in [4.78, 5) is 6.54. The number of hydrogen-bond donors (Lipinski definition) is 0. The summed E-state index contributed by atoms with van der Waals surface area (Å²) in [6, 6.07) is 0.457. The Morgan fingerprint density at radius 2 is 2.21 bits per heavy atom. The van der Waals surface area contributed by atoms with E-state index in [1.165, 1.54) is 11.5 Å². The van der Waals surface area contributed by atoms with Crippen molar-refractivity contribution in [3.63, 3.8) is 0 Å². The summed E-state index contributed by atoms with van der Waals surface area (Å²) in [5, 5.41) is 0.978. The number of hydrogen-bond acceptors (Lipinski definition) is 5. The van der Waals surface area contributed by atoms with E-state index in [1.54, 1.807) is 7.11 Å². The average molecular weight is 215 g/mol. The lowest BCUT2D eigenvalue weighted by molar-refractivity contribution is 0.201. The van der Waals surface area contributed by atoms with Crippen molar-refractivity contribution in [2.75, 3.05) is 25.7 Å². The molecule has 0 unspecified atom stereocenters. The van der Waals surface area contributed by atoms with E-state index in [-0.39, 0.29) is 0 Å². The van der Waals surface area contributed by atoms with Crippen LogP contribution >= 0.6 is 11.5 Å². The van der Waals surface area contributed by atoms with Crippen LogP contribution in [-0.4, -0.2) is 36.2 Å². The predicted octanol–water partition coefficient (Wildman–Crippen LogP) is 1.57. The highest BCUT2D eigenvalue weighted by atomic mass is 32.1. The van der Waals surface area contributed by atoms with Gasteiger partial charge in [-0.15, -0.1) is 0 Å². The van der Waals surface area contributed by atoms with Gasteiger partial charge in [0.25, 0.3) is 0 Å². The molecule has 0 N–H and O–H groups in total. The third-order valence-corrected chi connectivity index (χ3v) is 2.91. The fraction of sp³-hybridized carbons (Fsp3) is 0.778. The second-order valence-electron chi connectivity index (χ2n) is 3.44. The standard InChI is InChI=1S/C9H17N3OS/c1-7(2)12(3)9-10-8(11-14-9)5-6-13-4/h7H,5-6H2,1-4H3. The average Bonchev–Trinajstić information content (AvgIpc) is 2.61. The van der Waals surface area contributed by atoms with Crippen LogP contribution in [0.4, 0.5) is 5.13 Å². The van der Waals surface area contributed by atoms with Gasteiger partial charge in [-0.3, -0.25) is 0 Å². The summed E-state index contributed by atoms with van der Waals surface area (Å²) in [6.45, 7) is 4.95. The van der Waals surface area contributed by atoms with Crippen LogP contribution in [0.5, 0.6) is 0 Å². The van der Waals surface area contributed by atoms with Crippen molar-refractivity contribution in [1.82, 2.24) is 9.36 Å². The zero-order valence-corrected chi connectivity index (χ0v) is 9.97. The van der Waals surface area contributed by atoms with Gasteiger partial charge < -0.3 is 9.64 Å². The van der Waals surface area contributed by atoms with Crippen LogP contribution in [0.2, 0.25) is 0 Å². The van der Waals surface area contributed by atoms with Crippen molar-refractivity contribution >= 4 is 16.7 Å². The molecule has 1 aromatic heterocycles. The molecule has 0 aliphatic heterocycles. The Bertz CT molecular complexity index is 275. The number of anilines is 1. The van der Waals surface area contributed by atoms with Crippen LogP contribution < -0.4 is 4.90 Å². The Kier molecular flexibility index (Phi) is 4.28. The maximum Gasteiger partial charge on any atom is 0.205 e. The number of rotatable bonds is 5. The van der Waals surface area contributed by atoms with Gasteiger partial charge in [-0.25, -0.2) is 4.98 Å². The maximum absolute atomic E-state index is 4.97. The number of ether oxygens (including phenoxy) is 1. The van der Waals surface area contributed by atoms with E-state index >= 15 is 0 Å². The van der Waals surface area contributed by atoms with Gasteiger partial charge in [0.15, 0.2) is 0 Å². The molecule has 0 aliphatic rings. The van der Waals surface area contributed by atoms with Crippen LogP contribution in [0.25, 0.3) is 0 Å². The fourth-order valence-corrected chi connectivity index (χ4v) is 1.71. The van der Waals surface area contributed by atoms with Crippen LogP contribution in [0.3, 0.4) is 0 Å². The second-order valence-corrected chi connectivity index (χ2v) is 4.17. The largest absolute Gasteiger partial charge is 0.384 e. The molecule has 4 nitrogen and oxygen atoms in total. The monoisotopic (exact) mass is 215 g/mol. The van der Waals surface area contributed by atoms with Gasteiger partial charge in [-0.2, -0.15) is 4.37 Å². The topological polar surface area (TPSA) is 38.2 Å². The van der Waals surface area contributed by atoms with E-state index in [9.17, 15) is 0 Å². The molecule has 0 fully saturated rings. The Morgan fingerprint density at radius 1 is 1.50 bits per heavy atom. The maximum atomic E-state index is 4.97. The number of methoxy groups -OCH3 is 1. The minimum atomic E-state index is 0.457. The summed E-state index contributed by atoms with van der Waals surface area (Å²) in [7, 11) is 3.72. The summed E-state index contributed by atoms with van der Waals surface area (Å²) < 4.78 is 9.24. The molecule has 0 atom stereocenters. The lowest BCUT2D eigenvalue weighted by atomic mass is 10.4. The molecule has 0 amide bonds. The second kappa shape index (κ2) is 5.26. The van der Waals surface area contributed by atoms with Crippen molar-refractivity contribution in [2.24, 2.45) is 0 Å². The highest BCUT2D eigenvalue weighted by Crippen LogP contribution is 2.17. The van der Waals surface area contributed by atoms with Crippen LogP contribution in [0.15, 0.2) is 0 Å². The smallest absolute Gasteiger partial charge is 0.205 e. The minimum absolute atomic E-state index is 0.457. The van der Waals surface area contributed by atoms with Gasteiger partial charge >= 0.3 is 0 Å². The third kappa shape index (κ3) is 2.92. The lowest BCUT2D eigenvalue weighted by Crippen LogP contribution is -2.25. The predicted molar refractivity (Wildman–Crippen MR) is 59.0 cm³/mol. The molecule has 0 spiro atoms. The summed E-state index contributed by atoms with van der Waals surface area (Å²) in [6.07, 6.45) is 0.791. The highest BCUT2D eigenvalue weighted by molar-refractivity contribution is 7.09. The quantitative estimate of drug-likeness (QED) is 0.747. The van der Waals surface area contributed by atoms with Gasteiger partial charge in [0, 0.05) is 38.2 Å². The summed E-state index contributed by atoms with van der Waals surface area (Å²) in [5.74, 6) is 0.874. The first-order valence-corrected chi connectivity index (χ1v) is 5.47. The molecule has 0 radical (unpaired) electrons. The van der Waals surface area contributed by atoms with E-state index in [0.29, 0.717) is 12.6 Å². The molecule has 0 bridgehead atoms. The Morgan fingerprint density at radius 3 is 2.79 bits per heavy atom. The van der Waals surface area contributed by atoms with E-state index in [4.69, 9.17) is 4.74 Å². The number of nitrogens with zero attached hydrogens (tertiary/aromatic N) is 3. The van der Waals surface area contributed by atoms with Crippen LogP contribution in [-0.2, 0) is 11.2 Å². The summed E-state index contributed by atoms with van der Waals surface area (Å²) >= 11 is 1.45. The van der Waals surface area contributed by atoms with E-state index < -0.39 is 0 Å².